The molecule has 132 valence electrons. The van der Waals surface area contributed by atoms with Crippen molar-refractivity contribution in [1.29, 1.82) is 0 Å². The first kappa shape index (κ1) is 18.9. The topological polar surface area (TPSA) is 102 Å². The first-order chi connectivity index (χ1) is 11.8. The van der Waals surface area contributed by atoms with Gasteiger partial charge >= 0.3 is 5.97 Å². The molecule has 0 aliphatic rings. The summed E-state index contributed by atoms with van der Waals surface area (Å²) in [5.74, 6) is -1.13. The maximum absolute atomic E-state index is 12.1. The molecule has 0 saturated carbocycles. The fourth-order valence-electron chi connectivity index (χ4n) is 1.93. The Hall–Kier alpha value is -2.42. The number of halogens is 1. The van der Waals surface area contributed by atoms with Gasteiger partial charge in [0.15, 0.2) is 0 Å². The van der Waals surface area contributed by atoms with Gasteiger partial charge in [0.2, 0.25) is 15.9 Å². The monoisotopic (exact) mass is 382 g/mol. The van der Waals surface area contributed by atoms with Crippen molar-refractivity contribution < 1.29 is 22.7 Å². The Bertz CT molecular complexity index is 899. The number of benzene rings is 2. The van der Waals surface area contributed by atoms with E-state index in [4.69, 9.17) is 11.6 Å². The number of esters is 1. The average molecular weight is 383 g/mol. The fourth-order valence-corrected chi connectivity index (χ4v) is 3.21. The van der Waals surface area contributed by atoms with E-state index in [0.29, 0.717) is 5.69 Å². The predicted octanol–water partition coefficient (Wildman–Crippen LogP) is 2.04. The van der Waals surface area contributed by atoms with Crippen molar-refractivity contribution >= 4 is 39.2 Å². The Morgan fingerprint density at radius 2 is 1.84 bits per heavy atom. The molecule has 2 aromatic carbocycles. The van der Waals surface area contributed by atoms with Gasteiger partial charge in [-0.3, -0.25) is 4.79 Å². The van der Waals surface area contributed by atoms with E-state index >= 15 is 0 Å². The molecule has 25 heavy (non-hydrogen) atoms. The van der Waals surface area contributed by atoms with Gasteiger partial charge in [0, 0.05) is 10.7 Å². The molecule has 7 nitrogen and oxygen atoms in total. The Balaban J connectivity index is 2.00. The van der Waals surface area contributed by atoms with Crippen LogP contribution in [0.2, 0.25) is 5.02 Å². The molecule has 1 amide bonds. The molecule has 0 saturated heterocycles. The van der Waals surface area contributed by atoms with E-state index < -0.39 is 28.4 Å². The maximum Gasteiger partial charge on any atom is 0.337 e. The summed E-state index contributed by atoms with van der Waals surface area (Å²) in [7, 11) is -2.62. The number of carbonyl (C=O) groups is 2. The van der Waals surface area contributed by atoms with Crippen molar-refractivity contribution in [3.63, 3.8) is 0 Å². The summed E-state index contributed by atoms with van der Waals surface area (Å²) in [6.07, 6.45) is 0. The molecular formula is C16H15ClN2O5S. The summed E-state index contributed by atoms with van der Waals surface area (Å²) in [6, 6.07) is 11.8. The van der Waals surface area contributed by atoms with Gasteiger partial charge in [-0.15, -0.1) is 0 Å². The van der Waals surface area contributed by atoms with Gasteiger partial charge in [0.05, 0.1) is 24.1 Å². The first-order valence-electron chi connectivity index (χ1n) is 7.05. The van der Waals surface area contributed by atoms with Gasteiger partial charge in [0.25, 0.3) is 0 Å². The molecule has 0 aliphatic heterocycles. The minimum Gasteiger partial charge on any atom is -0.465 e. The van der Waals surface area contributed by atoms with Crippen LogP contribution in [0.1, 0.15) is 10.4 Å². The number of amides is 1. The summed E-state index contributed by atoms with van der Waals surface area (Å²) < 4.78 is 31.0. The Morgan fingerprint density at radius 1 is 1.12 bits per heavy atom. The molecule has 2 aromatic rings. The number of hydrogen-bond acceptors (Lipinski definition) is 5. The fraction of sp³-hybridized carbons (Fsp3) is 0.125. The van der Waals surface area contributed by atoms with Gasteiger partial charge < -0.3 is 10.1 Å². The van der Waals surface area contributed by atoms with E-state index in [1.54, 1.807) is 18.2 Å². The molecule has 0 aromatic heterocycles. The number of carbonyl (C=O) groups excluding carboxylic acids is 2. The van der Waals surface area contributed by atoms with E-state index in [0.717, 1.165) is 0 Å². The normalized spacial score (nSPS) is 11.0. The lowest BCUT2D eigenvalue weighted by Crippen LogP contribution is -2.32. The zero-order valence-electron chi connectivity index (χ0n) is 13.2. The van der Waals surface area contributed by atoms with Gasteiger partial charge in [-0.2, -0.15) is 0 Å². The number of ether oxygens (including phenoxy) is 1. The Labute approximate surface area is 150 Å². The molecule has 2 rings (SSSR count). The van der Waals surface area contributed by atoms with E-state index in [-0.39, 0.29) is 15.5 Å². The van der Waals surface area contributed by atoms with Crippen molar-refractivity contribution in [1.82, 2.24) is 4.72 Å². The van der Waals surface area contributed by atoms with Crippen LogP contribution in [0.5, 0.6) is 0 Å². The maximum atomic E-state index is 12.1. The summed E-state index contributed by atoms with van der Waals surface area (Å²) >= 11 is 5.76. The molecule has 0 aliphatic carbocycles. The van der Waals surface area contributed by atoms with Crippen LogP contribution in [0.15, 0.2) is 53.4 Å². The number of sulfonamides is 1. The van der Waals surface area contributed by atoms with Crippen molar-refractivity contribution in [3.8, 4) is 0 Å². The Morgan fingerprint density at radius 3 is 2.52 bits per heavy atom. The second-order valence-electron chi connectivity index (χ2n) is 4.90. The van der Waals surface area contributed by atoms with E-state index in [1.165, 1.54) is 37.4 Å². The van der Waals surface area contributed by atoms with Crippen molar-refractivity contribution in [2.75, 3.05) is 19.0 Å². The van der Waals surface area contributed by atoms with Crippen LogP contribution in [0.25, 0.3) is 0 Å². The molecule has 2 N–H and O–H groups in total. The first-order valence-corrected chi connectivity index (χ1v) is 8.91. The minimum absolute atomic E-state index is 0.0412. The molecule has 9 heteroatoms. The zero-order valence-corrected chi connectivity index (χ0v) is 14.7. The lowest BCUT2D eigenvalue weighted by molar-refractivity contribution is -0.115. The molecule has 0 fully saturated rings. The molecular weight excluding hydrogens is 368 g/mol. The second kappa shape index (κ2) is 8.11. The van der Waals surface area contributed by atoms with Crippen LogP contribution in [-0.4, -0.2) is 33.9 Å². The quantitative estimate of drug-likeness (QED) is 0.744. The van der Waals surface area contributed by atoms with Crippen molar-refractivity contribution in [2.45, 2.75) is 4.90 Å². The third-order valence-electron chi connectivity index (χ3n) is 3.10. The predicted molar refractivity (Wildman–Crippen MR) is 93.1 cm³/mol. The number of rotatable bonds is 6. The second-order valence-corrected chi connectivity index (χ2v) is 7.11. The highest BCUT2D eigenvalue weighted by Gasteiger charge is 2.16. The smallest absolute Gasteiger partial charge is 0.337 e. The van der Waals surface area contributed by atoms with Crippen LogP contribution in [-0.2, 0) is 19.6 Å². The highest BCUT2D eigenvalue weighted by atomic mass is 35.5. The molecule has 0 heterocycles. The third-order valence-corrected chi connectivity index (χ3v) is 4.73. The van der Waals surface area contributed by atoms with E-state index in [1.807, 2.05) is 0 Å². The van der Waals surface area contributed by atoms with Gasteiger partial charge in [-0.05, 0) is 36.4 Å². The standard InChI is InChI=1S/C16H15ClN2O5S/c1-24-16(21)11-4-2-6-13(8-11)19-15(20)10-18-25(22,23)14-7-3-5-12(17)9-14/h2-9,18H,10H2,1H3,(H,19,20). The number of methoxy groups -OCH3 is 1. The highest BCUT2D eigenvalue weighted by molar-refractivity contribution is 7.89. The third kappa shape index (κ3) is 5.28. The zero-order chi connectivity index (χ0) is 18.4. The lowest BCUT2D eigenvalue weighted by atomic mass is 10.2. The van der Waals surface area contributed by atoms with Crippen LogP contribution in [0.3, 0.4) is 0 Å². The number of hydrogen-bond donors (Lipinski definition) is 2. The van der Waals surface area contributed by atoms with Crippen molar-refractivity contribution in [3.05, 3.63) is 59.1 Å². The summed E-state index contributed by atoms with van der Waals surface area (Å²) in [6.45, 7) is -0.475. The van der Waals surface area contributed by atoms with Crippen LogP contribution < -0.4 is 10.0 Å². The largest absolute Gasteiger partial charge is 0.465 e. The molecule has 0 radical (unpaired) electrons. The molecule has 0 spiro atoms. The van der Waals surface area contributed by atoms with Gasteiger partial charge in [0.1, 0.15) is 0 Å². The van der Waals surface area contributed by atoms with Crippen LogP contribution >= 0.6 is 11.6 Å². The van der Waals surface area contributed by atoms with Crippen molar-refractivity contribution in [2.24, 2.45) is 0 Å². The van der Waals surface area contributed by atoms with E-state index in [2.05, 4.69) is 14.8 Å². The summed E-state index contributed by atoms with van der Waals surface area (Å²) in [5.41, 5.74) is 0.606. The molecule has 0 bridgehead atoms. The minimum atomic E-state index is -3.87. The molecule has 0 unspecified atom stereocenters. The average Bonchev–Trinajstić information content (AvgIpc) is 2.59. The number of nitrogens with one attached hydrogen (secondary N) is 2. The number of anilines is 1. The van der Waals surface area contributed by atoms with Crippen LogP contribution in [0, 0.1) is 0 Å². The van der Waals surface area contributed by atoms with Crippen LogP contribution in [0.4, 0.5) is 5.69 Å². The SMILES string of the molecule is COC(=O)c1cccc(NC(=O)CNS(=O)(=O)c2cccc(Cl)c2)c1. The lowest BCUT2D eigenvalue weighted by Gasteiger charge is -2.09. The summed E-state index contributed by atoms with van der Waals surface area (Å²) in [5, 5.41) is 2.77. The Kier molecular flexibility index (Phi) is 6.13. The molecule has 0 atom stereocenters. The van der Waals surface area contributed by atoms with Gasteiger partial charge in [-0.1, -0.05) is 23.7 Å². The summed E-state index contributed by atoms with van der Waals surface area (Å²) in [4.78, 5) is 23.3. The van der Waals surface area contributed by atoms with Gasteiger partial charge in [-0.25, -0.2) is 17.9 Å². The van der Waals surface area contributed by atoms with E-state index in [9.17, 15) is 18.0 Å². The highest BCUT2D eigenvalue weighted by Crippen LogP contribution is 2.15.